The summed E-state index contributed by atoms with van der Waals surface area (Å²) < 4.78 is 26.7. The molecule has 0 atom stereocenters. The highest BCUT2D eigenvalue weighted by Gasteiger charge is 2.31. The Morgan fingerprint density at radius 2 is 1.06 bits per heavy atom. The summed E-state index contributed by atoms with van der Waals surface area (Å²) in [6, 6.07) is 0. The molecule has 0 saturated heterocycles. The zero-order valence-corrected chi connectivity index (χ0v) is 33.1. The van der Waals surface area contributed by atoms with Crippen LogP contribution in [0.1, 0.15) is 162 Å². The third-order valence-electron chi connectivity index (χ3n) is 9.37. The van der Waals surface area contributed by atoms with Crippen molar-refractivity contribution in [1.29, 1.82) is 0 Å². The zero-order valence-electron chi connectivity index (χ0n) is 33.1. The molecule has 51 heavy (non-hydrogen) atoms. The Labute approximate surface area is 311 Å². The molecule has 0 amide bonds. The van der Waals surface area contributed by atoms with Crippen molar-refractivity contribution in [3.63, 3.8) is 0 Å². The van der Waals surface area contributed by atoms with Crippen LogP contribution in [0.5, 0.6) is 0 Å². The second kappa shape index (κ2) is 33.3. The van der Waals surface area contributed by atoms with Crippen LogP contribution >= 0.6 is 0 Å². The number of ether oxygens (including phenoxy) is 5. The molecule has 0 bridgehead atoms. The second-order valence-corrected chi connectivity index (χ2v) is 14.6. The van der Waals surface area contributed by atoms with Crippen molar-refractivity contribution in [2.45, 2.75) is 168 Å². The van der Waals surface area contributed by atoms with Crippen molar-refractivity contribution in [3.8, 4) is 0 Å². The van der Waals surface area contributed by atoms with E-state index in [0.717, 1.165) is 96.4 Å². The van der Waals surface area contributed by atoms with E-state index in [1.165, 1.54) is 51.4 Å². The standard InChI is InChI=1S/C42H75NO8/c1-5-7-9-11-13-17-23-29-47-41(45)49-31-25-19-15-21-27-39(51-40(44)35-37-33-38(34-37)36-43(3)4)28-22-16-20-26-32-50-42(46)48-30-24-18-14-12-10-8-6-2/h17-18,23-24,37-39H,5-16,19-22,25-36H2,1-4H3/b23-17-,24-18-. The molecule has 0 radical (unpaired) electrons. The Morgan fingerprint density at radius 1 is 0.588 bits per heavy atom. The SMILES string of the molecule is CCCCCC/C=C\COC(=O)OCCCCCCC(CCCCCCOC(=O)OC/C=C\CCCCCC)OC(=O)CC1CC(CN(C)C)C1. The molecule has 9 heteroatoms. The zero-order chi connectivity index (χ0) is 37.2. The number of allylic oxidation sites excluding steroid dienone is 2. The highest BCUT2D eigenvalue weighted by molar-refractivity contribution is 5.70. The number of rotatable bonds is 33. The summed E-state index contributed by atoms with van der Waals surface area (Å²) in [5.41, 5.74) is 0. The summed E-state index contributed by atoms with van der Waals surface area (Å²) in [6.07, 6.45) is 30.2. The molecule has 0 spiro atoms. The normalized spacial score (nSPS) is 15.8. The number of unbranched alkanes of at least 4 members (excludes halogenated alkanes) is 14. The lowest BCUT2D eigenvalue weighted by molar-refractivity contribution is -0.152. The summed E-state index contributed by atoms with van der Waals surface area (Å²) in [4.78, 5) is 38.7. The first-order valence-corrected chi connectivity index (χ1v) is 20.6. The number of esters is 1. The predicted octanol–water partition coefficient (Wildman–Crippen LogP) is 11.1. The van der Waals surface area contributed by atoms with E-state index in [-0.39, 0.29) is 25.3 Å². The Kier molecular flexibility index (Phi) is 30.3. The monoisotopic (exact) mass is 722 g/mol. The molecule has 296 valence electrons. The Bertz CT molecular complexity index is 863. The summed E-state index contributed by atoms with van der Waals surface area (Å²) in [5.74, 6) is 1.07. The number of nitrogens with zero attached hydrogens (tertiary/aromatic N) is 1. The maximum absolute atomic E-state index is 12.8. The Hall–Kier alpha value is -2.55. The third kappa shape index (κ3) is 29.7. The summed E-state index contributed by atoms with van der Waals surface area (Å²) in [5, 5.41) is 0. The average Bonchev–Trinajstić information content (AvgIpc) is 3.08. The van der Waals surface area contributed by atoms with Crippen LogP contribution in [0.25, 0.3) is 0 Å². The van der Waals surface area contributed by atoms with Gasteiger partial charge in [-0.1, -0.05) is 102 Å². The minimum atomic E-state index is -0.611. The van der Waals surface area contributed by atoms with Gasteiger partial charge >= 0.3 is 18.3 Å². The minimum Gasteiger partial charge on any atom is -0.462 e. The molecule has 9 nitrogen and oxygen atoms in total. The van der Waals surface area contributed by atoms with E-state index in [1.54, 1.807) is 0 Å². The first kappa shape index (κ1) is 46.5. The molecular formula is C42H75NO8. The number of hydrogen-bond donors (Lipinski definition) is 0. The molecule has 0 N–H and O–H groups in total. The molecule has 0 aromatic carbocycles. The van der Waals surface area contributed by atoms with Crippen molar-refractivity contribution in [2.24, 2.45) is 11.8 Å². The van der Waals surface area contributed by atoms with Gasteiger partial charge in [0.15, 0.2) is 0 Å². The Morgan fingerprint density at radius 3 is 1.53 bits per heavy atom. The molecule has 1 saturated carbocycles. The van der Waals surface area contributed by atoms with Crippen LogP contribution in [-0.2, 0) is 28.5 Å². The molecule has 0 heterocycles. The van der Waals surface area contributed by atoms with E-state index in [2.05, 4.69) is 45.0 Å². The van der Waals surface area contributed by atoms with Crippen LogP contribution in [0.2, 0.25) is 0 Å². The molecule has 0 aromatic heterocycles. The summed E-state index contributed by atoms with van der Waals surface area (Å²) in [6.45, 7) is 6.70. The van der Waals surface area contributed by atoms with E-state index in [1.807, 2.05) is 12.2 Å². The maximum atomic E-state index is 12.8. The first-order chi connectivity index (χ1) is 24.8. The fourth-order valence-electron chi connectivity index (χ4n) is 6.47. The second-order valence-electron chi connectivity index (χ2n) is 14.6. The van der Waals surface area contributed by atoms with Gasteiger partial charge in [-0.15, -0.1) is 0 Å². The van der Waals surface area contributed by atoms with Crippen LogP contribution in [-0.4, -0.2) is 76.4 Å². The van der Waals surface area contributed by atoms with Gasteiger partial charge in [-0.25, -0.2) is 9.59 Å². The van der Waals surface area contributed by atoms with Crippen LogP contribution in [0.15, 0.2) is 24.3 Å². The highest BCUT2D eigenvalue weighted by Crippen LogP contribution is 2.36. The molecule has 1 rings (SSSR count). The lowest BCUT2D eigenvalue weighted by Crippen LogP contribution is -2.34. The third-order valence-corrected chi connectivity index (χ3v) is 9.37. The van der Waals surface area contributed by atoms with E-state index in [9.17, 15) is 14.4 Å². The average molecular weight is 722 g/mol. The van der Waals surface area contributed by atoms with Gasteiger partial charge in [-0.05, 0) is 103 Å². The summed E-state index contributed by atoms with van der Waals surface area (Å²) >= 11 is 0. The lowest BCUT2D eigenvalue weighted by atomic mass is 9.73. The van der Waals surface area contributed by atoms with Gasteiger partial charge in [0.1, 0.15) is 19.3 Å². The smallest absolute Gasteiger partial charge is 0.462 e. The van der Waals surface area contributed by atoms with Gasteiger partial charge in [-0.2, -0.15) is 0 Å². The highest BCUT2D eigenvalue weighted by atomic mass is 16.7. The first-order valence-electron chi connectivity index (χ1n) is 20.6. The van der Waals surface area contributed by atoms with Crippen molar-refractivity contribution in [3.05, 3.63) is 24.3 Å². The van der Waals surface area contributed by atoms with Crippen LogP contribution in [0.3, 0.4) is 0 Å². The van der Waals surface area contributed by atoms with Gasteiger partial charge in [0.25, 0.3) is 0 Å². The van der Waals surface area contributed by atoms with E-state index >= 15 is 0 Å². The number of carbonyl (C=O) groups excluding carboxylic acids is 3. The largest absolute Gasteiger partial charge is 0.508 e. The lowest BCUT2D eigenvalue weighted by Gasteiger charge is -2.36. The molecule has 1 fully saturated rings. The minimum absolute atomic E-state index is 0.0650. The van der Waals surface area contributed by atoms with Gasteiger partial charge < -0.3 is 28.6 Å². The maximum Gasteiger partial charge on any atom is 0.508 e. The molecule has 1 aliphatic rings. The fraction of sp³-hybridized carbons (Fsp3) is 0.833. The number of carbonyl (C=O) groups is 3. The van der Waals surface area contributed by atoms with E-state index in [4.69, 9.17) is 23.7 Å². The van der Waals surface area contributed by atoms with Crippen molar-refractivity contribution < 1.29 is 38.1 Å². The molecule has 1 aliphatic carbocycles. The van der Waals surface area contributed by atoms with Crippen LogP contribution < -0.4 is 0 Å². The molecule has 0 unspecified atom stereocenters. The van der Waals surface area contributed by atoms with Gasteiger partial charge in [0.05, 0.1) is 13.2 Å². The number of hydrogen-bond acceptors (Lipinski definition) is 9. The van der Waals surface area contributed by atoms with Gasteiger partial charge in [0.2, 0.25) is 0 Å². The van der Waals surface area contributed by atoms with E-state index in [0.29, 0.717) is 31.5 Å². The summed E-state index contributed by atoms with van der Waals surface area (Å²) in [7, 11) is 4.20. The van der Waals surface area contributed by atoms with Gasteiger partial charge in [-0.3, -0.25) is 4.79 Å². The van der Waals surface area contributed by atoms with Crippen molar-refractivity contribution in [2.75, 3.05) is 47.1 Å². The quantitative estimate of drug-likeness (QED) is 0.0284. The molecular weight excluding hydrogens is 646 g/mol. The molecule has 0 aromatic rings. The van der Waals surface area contributed by atoms with Crippen LogP contribution in [0.4, 0.5) is 9.59 Å². The van der Waals surface area contributed by atoms with Crippen molar-refractivity contribution >= 4 is 18.3 Å². The van der Waals surface area contributed by atoms with Crippen molar-refractivity contribution in [1.82, 2.24) is 4.90 Å². The molecule has 0 aliphatic heterocycles. The van der Waals surface area contributed by atoms with E-state index < -0.39 is 12.3 Å². The topological polar surface area (TPSA) is 101 Å². The van der Waals surface area contributed by atoms with Gasteiger partial charge in [0, 0.05) is 13.0 Å². The van der Waals surface area contributed by atoms with Crippen LogP contribution in [0, 0.1) is 11.8 Å². The Balaban J connectivity index is 2.23. The predicted molar refractivity (Wildman–Crippen MR) is 206 cm³/mol. The fourth-order valence-corrected chi connectivity index (χ4v) is 6.47.